The summed E-state index contributed by atoms with van der Waals surface area (Å²) in [6.45, 7) is 4.47. The van der Waals surface area contributed by atoms with Crippen molar-refractivity contribution in [1.29, 1.82) is 0 Å². The number of aryl methyl sites for hydroxylation is 2. The molecule has 0 atom stereocenters. The number of esters is 1. The van der Waals surface area contributed by atoms with E-state index in [9.17, 15) is 15.0 Å². The predicted molar refractivity (Wildman–Crippen MR) is 158 cm³/mol. The zero-order valence-electron chi connectivity index (χ0n) is 24.1. The van der Waals surface area contributed by atoms with E-state index in [2.05, 4.69) is 13.8 Å². The number of carbonyl (C=O) groups excluding carboxylic acids is 1. The summed E-state index contributed by atoms with van der Waals surface area (Å²) >= 11 is 0. The number of carbonyl (C=O) groups is 1. The van der Waals surface area contributed by atoms with Crippen LogP contribution in [0.25, 0.3) is 0 Å². The summed E-state index contributed by atoms with van der Waals surface area (Å²) in [4.78, 5) is 12.9. The van der Waals surface area contributed by atoms with Crippen molar-refractivity contribution in [3.05, 3.63) is 53.1 Å². The number of unbranched alkanes of at least 4 members (excludes halogenated alkanes) is 15. The quantitative estimate of drug-likeness (QED) is 0.0738. The highest BCUT2D eigenvalue weighted by Crippen LogP contribution is 2.35. The monoisotopic (exact) mass is 524 g/mol. The highest BCUT2D eigenvalue weighted by Gasteiger charge is 2.20. The third-order valence-corrected chi connectivity index (χ3v) is 7.48. The Hall–Kier alpha value is -2.49. The van der Waals surface area contributed by atoms with Gasteiger partial charge in [-0.15, -0.1) is 0 Å². The minimum atomic E-state index is -0.643. The van der Waals surface area contributed by atoms with Gasteiger partial charge in [0.25, 0.3) is 0 Å². The summed E-state index contributed by atoms with van der Waals surface area (Å²) < 4.78 is 5.68. The maximum absolute atomic E-state index is 12.9. The van der Waals surface area contributed by atoms with E-state index in [0.29, 0.717) is 17.7 Å². The molecule has 0 bridgehead atoms. The molecule has 0 fully saturated rings. The predicted octanol–water partition coefficient (Wildman–Crippen LogP) is 10.1. The molecule has 212 valence electrons. The van der Waals surface area contributed by atoms with Crippen molar-refractivity contribution in [2.45, 2.75) is 136 Å². The first-order valence-corrected chi connectivity index (χ1v) is 15.4. The fourth-order valence-corrected chi connectivity index (χ4v) is 5.03. The van der Waals surface area contributed by atoms with Gasteiger partial charge in [-0.05, 0) is 48.9 Å². The number of hydrogen-bond donors (Lipinski definition) is 2. The van der Waals surface area contributed by atoms with Crippen LogP contribution in [0.5, 0.6) is 17.2 Å². The van der Waals surface area contributed by atoms with Crippen LogP contribution < -0.4 is 4.74 Å². The summed E-state index contributed by atoms with van der Waals surface area (Å²) in [7, 11) is 0. The van der Waals surface area contributed by atoms with Crippen molar-refractivity contribution in [2.75, 3.05) is 0 Å². The van der Waals surface area contributed by atoms with Gasteiger partial charge < -0.3 is 14.9 Å². The lowest BCUT2D eigenvalue weighted by atomic mass is 10.0. The van der Waals surface area contributed by atoms with Gasteiger partial charge in [-0.1, -0.05) is 134 Å². The van der Waals surface area contributed by atoms with Crippen molar-refractivity contribution in [2.24, 2.45) is 0 Å². The lowest BCUT2D eigenvalue weighted by molar-refractivity contribution is 0.0729. The zero-order valence-corrected chi connectivity index (χ0v) is 24.1. The minimum absolute atomic E-state index is 0.000412. The Kier molecular flexibility index (Phi) is 16.3. The van der Waals surface area contributed by atoms with Gasteiger partial charge in [0.05, 0.1) is 0 Å². The second-order valence-corrected chi connectivity index (χ2v) is 10.8. The smallest absolute Gasteiger partial charge is 0.347 e. The first-order chi connectivity index (χ1) is 18.6. The summed E-state index contributed by atoms with van der Waals surface area (Å²) in [5.41, 5.74) is 1.67. The highest BCUT2D eigenvalue weighted by molar-refractivity contribution is 5.95. The average molecular weight is 525 g/mol. The van der Waals surface area contributed by atoms with Crippen molar-refractivity contribution >= 4 is 5.97 Å². The first-order valence-electron chi connectivity index (χ1n) is 15.4. The molecular weight excluding hydrogens is 472 g/mol. The molecule has 2 N–H and O–H groups in total. The number of hydrogen-bond acceptors (Lipinski definition) is 4. The van der Waals surface area contributed by atoms with E-state index in [4.69, 9.17) is 4.74 Å². The molecule has 0 aliphatic carbocycles. The minimum Gasteiger partial charge on any atom is -0.504 e. The van der Waals surface area contributed by atoms with Gasteiger partial charge in [-0.25, -0.2) is 4.79 Å². The number of rotatable bonds is 21. The molecule has 0 saturated carbocycles. The van der Waals surface area contributed by atoms with E-state index in [1.807, 2.05) is 18.2 Å². The molecule has 0 saturated heterocycles. The lowest BCUT2D eigenvalue weighted by Crippen LogP contribution is -2.10. The van der Waals surface area contributed by atoms with Crippen LogP contribution in [0.4, 0.5) is 0 Å². The standard InChI is InChI=1S/C34H52O4/c1-3-5-7-9-11-12-13-15-16-18-22-28-23-20-21-25-31(28)38-34(37)30-27-26-29(32(35)33(30)36)24-19-17-14-10-8-6-4-2/h20-21,23,25-27,35-36H,3-19,22,24H2,1-2H3. The zero-order chi connectivity index (χ0) is 27.4. The van der Waals surface area contributed by atoms with Crippen molar-refractivity contribution < 1.29 is 19.7 Å². The number of benzene rings is 2. The molecule has 0 unspecified atom stereocenters. The molecule has 0 radical (unpaired) electrons. The van der Waals surface area contributed by atoms with Crippen LogP contribution in [0.2, 0.25) is 0 Å². The van der Waals surface area contributed by atoms with Gasteiger partial charge in [-0.3, -0.25) is 0 Å². The van der Waals surface area contributed by atoms with Crippen LogP contribution in [0, 0.1) is 0 Å². The third-order valence-electron chi connectivity index (χ3n) is 7.48. The molecule has 38 heavy (non-hydrogen) atoms. The van der Waals surface area contributed by atoms with Gasteiger partial charge in [0.15, 0.2) is 11.5 Å². The van der Waals surface area contributed by atoms with Gasteiger partial charge in [0.2, 0.25) is 0 Å². The molecule has 2 aromatic carbocycles. The van der Waals surface area contributed by atoms with Gasteiger partial charge in [-0.2, -0.15) is 0 Å². The molecule has 0 heterocycles. The molecule has 2 rings (SSSR count). The molecular formula is C34H52O4. The summed E-state index contributed by atoms with van der Waals surface area (Å²) in [5.74, 6) is -0.707. The maximum atomic E-state index is 12.9. The Morgan fingerprint density at radius 2 is 1.05 bits per heavy atom. The molecule has 0 aromatic heterocycles. The molecule has 2 aromatic rings. The van der Waals surface area contributed by atoms with Crippen molar-refractivity contribution in [3.8, 4) is 17.2 Å². The van der Waals surface area contributed by atoms with E-state index in [1.165, 1.54) is 89.9 Å². The Balaban J connectivity index is 1.80. The Morgan fingerprint density at radius 3 is 1.61 bits per heavy atom. The third kappa shape index (κ3) is 11.9. The van der Waals surface area contributed by atoms with Gasteiger partial charge >= 0.3 is 5.97 Å². The first kappa shape index (κ1) is 31.7. The van der Waals surface area contributed by atoms with Crippen molar-refractivity contribution in [1.82, 2.24) is 0 Å². The topological polar surface area (TPSA) is 66.8 Å². The average Bonchev–Trinajstić information content (AvgIpc) is 2.92. The van der Waals surface area contributed by atoms with E-state index in [1.54, 1.807) is 18.2 Å². The van der Waals surface area contributed by atoms with E-state index in [0.717, 1.165) is 31.2 Å². The number of aromatic hydroxyl groups is 2. The molecule has 4 heteroatoms. The van der Waals surface area contributed by atoms with E-state index < -0.39 is 5.97 Å². The van der Waals surface area contributed by atoms with E-state index >= 15 is 0 Å². The molecule has 0 aliphatic heterocycles. The van der Waals surface area contributed by atoms with Crippen LogP contribution in [0.3, 0.4) is 0 Å². The second kappa shape index (κ2) is 19.6. The fraction of sp³-hybridized carbons (Fsp3) is 0.618. The van der Waals surface area contributed by atoms with Crippen LogP contribution >= 0.6 is 0 Å². The summed E-state index contributed by atoms with van der Waals surface area (Å²) in [6, 6.07) is 10.9. The number of phenols is 2. The number of para-hydroxylation sites is 1. The largest absolute Gasteiger partial charge is 0.504 e. The Morgan fingerprint density at radius 1 is 0.579 bits per heavy atom. The van der Waals surface area contributed by atoms with Crippen LogP contribution in [0.1, 0.15) is 144 Å². The fourth-order valence-electron chi connectivity index (χ4n) is 5.03. The summed E-state index contributed by atoms with van der Waals surface area (Å²) in [6.07, 6.45) is 22.7. The van der Waals surface area contributed by atoms with Crippen LogP contribution in [0.15, 0.2) is 36.4 Å². The second-order valence-electron chi connectivity index (χ2n) is 10.8. The molecule has 0 aliphatic rings. The van der Waals surface area contributed by atoms with Crippen LogP contribution in [-0.4, -0.2) is 16.2 Å². The summed E-state index contributed by atoms with van der Waals surface area (Å²) in [5, 5.41) is 21.1. The molecule has 4 nitrogen and oxygen atoms in total. The maximum Gasteiger partial charge on any atom is 0.347 e. The van der Waals surface area contributed by atoms with Crippen LogP contribution in [-0.2, 0) is 12.8 Å². The Bertz CT molecular complexity index is 921. The van der Waals surface area contributed by atoms with Crippen molar-refractivity contribution in [3.63, 3.8) is 0 Å². The van der Waals surface area contributed by atoms with Gasteiger partial charge in [0, 0.05) is 0 Å². The SMILES string of the molecule is CCCCCCCCCCCCc1ccccc1OC(=O)c1ccc(CCCCCCCCC)c(O)c1O. The highest BCUT2D eigenvalue weighted by atomic mass is 16.5. The van der Waals surface area contributed by atoms with Gasteiger partial charge in [0.1, 0.15) is 11.3 Å². The Labute approximate surface area is 231 Å². The molecule has 0 amide bonds. The number of phenolic OH excluding ortho intramolecular Hbond substituents is 2. The lowest BCUT2D eigenvalue weighted by Gasteiger charge is -2.13. The number of ether oxygens (including phenoxy) is 1. The normalized spacial score (nSPS) is 11.1. The molecule has 0 spiro atoms. The van der Waals surface area contributed by atoms with E-state index in [-0.39, 0.29) is 17.1 Å².